The van der Waals surface area contributed by atoms with E-state index in [-0.39, 0.29) is 24.2 Å². The van der Waals surface area contributed by atoms with E-state index in [2.05, 4.69) is 31.3 Å². The van der Waals surface area contributed by atoms with Crippen LogP contribution >= 0.6 is 12.4 Å². The van der Waals surface area contributed by atoms with Gasteiger partial charge in [-0.1, -0.05) is 44.2 Å². The molecule has 1 unspecified atom stereocenters. The molecule has 112 valence electrons. The van der Waals surface area contributed by atoms with Crippen LogP contribution in [0.1, 0.15) is 31.7 Å². The number of rotatable bonds is 3. The summed E-state index contributed by atoms with van der Waals surface area (Å²) in [6.07, 6.45) is 1.05. The molecule has 1 aromatic carbocycles. The number of nitrogens with zero attached hydrogens (tertiary/aromatic N) is 1. The second-order valence-corrected chi connectivity index (χ2v) is 5.56. The largest absolute Gasteiger partial charge is 0.341 e. The average molecular weight is 297 g/mol. The highest BCUT2D eigenvalue weighted by molar-refractivity contribution is 5.85. The lowest BCUT2D eigenvalue weighted by Gasteiger charge is -2.28. The molecule has 1 aliphatic rings. The third kappa shape index (κ3) is 4.22. The molecule has 0 aliphatic carbocycles. The number of carbonyl (C=O) groups is 1. The van der Waals surface area contributed by atoms with E-state index < -0.39 is 0 Å². The third-order valence-corrected chi connectivity index (χ3v) is 3.74. The fourth-order valence-electron chi connectivity index (χ4n) is 2.74. The van der Waals surface area contributed by atoms with Crippen molar-refractivity contribution in [1.82, 2.24) is 10.2 Å². The number of hydrogen-bond acceptors (Lipinski definition) is 2. The van der Waals surface area contributed by atoms with Crippen LogP contribution in [0.4, 0.5) is 0 Å². The van der Waals surface area contributed by atoms with Gasteiger partial charge in [-0.25, -0.2) is 0 Å². The van der Waals surface area contributed by atoms with Gasteiger partial charge in [-0.2, -0.15) is 0 Å². The molecule has 1 atom stereocenters. The Bertz CT molecular complexity index is 400. The van der Waals surface area contributed by atoms with Gasteiger partial charge < -0.3 is 10.2 Å². The Morgan fingerprint density at radius 2 is 1.85 bits per heavy atom. The Morgan fingerprint density at radius 3 is 2.50 bits per heavy atom. The average Bonchev–Trinajstić information content (AvgIpc) is 2.68. The van der Waals surface area contributed by atoms with Gasteiger partial charge in [0.2, 0.25) is 5.91 Å². The summed E-state index contributed by atoms with van der Waals surface area (Å²) >= 11 is 0. The number of halogens is 1. The maximum absolute atomic E-state index is 12.8. The quantitative estimate of drug-likeness (QED) is 0.930. The number of nitrogens with one attached hydrogen (secondary N) is 1. The summed E-state index contributed by atoms with van der Waals surface area (Å²) in [5.41, 5.74) is 1.14. The van der Waals surface area contributed by atoms with Crippen molar-refractivity contribution >= 4 is 18.3 Å². The lowest BCUT2D eigenvalue weighted by atomic mass is 9.87. The zero-order valence-corrected chi connectivity index (χ0v) is 13.2. The second kappa shape index (κ2) is 8.28. The maximum atomic E-state index is 12.8. The summed E-state index contributed by atoms with van der Waals surface area (Å²) in [4.78, 5) is 14.8. The Morgan fingerprint density at radius 1 is 1.15 bits per heavy atom. The van der Waals surface area contributed by atoms with Gasteiger partial charge in [-0.3, -0.25) is 4.79 Å². The van der Waals surface area contributed by atoms with E-state index in [1.165, 1.54) is 0 Å². The highest BCUT2D eigenvalue weighted by atomic mass is 35.5. The van der Waals surface area contributed by atoms with Crippen LogP contribution in [0.5, 0.6) is 0 Å². The molecule has 0 saturated carbocycles. The van der Waals surface area contributed by atoms with Gasteiger partial charge in [0.1, 0.15) is 0 Å². The summed E-state index contributed by atoms with van der Waals surface area (Å²) in [6, 6.07) is 10.2. The molecule has 0 aromatic heterocycles. The van der Waals surface area contributed by atoms with Gasteiger partial charge >= 0.3 is 0 Å². The van der Waals surface area contributed by atoms with E-state index in [1.807, 2.05) is 23.1 Å². The molecule has 1 aromatic rings. The van der Waals surface area contributed by atoms with E-state index in [0.29, 0.717) is 5.92 Å². The van der Waals surface area contributed by atoms with Gasteiger partial charge in [0.15, 0.2) is 0 Å². The summed E-state index contributed by atoms with van der Waals surface area (Å²) in [7, 11) is 0. The van der Waals surface area contributed by atoms with Crippen LogP contribution in [-0.2, 0) is 4.79 Å². The molecule has 1 heterocycles. The van der Waals surface area contributed by atoms with Crippen LogP contribution in [0.2, 0.25) is 0 Å². The SMILES string of the molecule is CC(C)C(C(=O)N1CCCNCC1)c1ccccc1.Cl. The van der Waals surface area contributed by atoms with Gasteiger partial charge in [0.25, 0.3) is 0 Å². The van der Waals surface area contributed by atoms with Crippen LogP contribution in [-0.4, -0.2) is 37.0 Å². The molecule has 1 amide bonds. The highest BCUT2D eigenvalue weighted by Gasteiger charge is 2.28. The van der Waals surface area contributed by atoms with Crippen LogP contribution in [0.15, 0.2) is 30.3 Å². The Balaban J connectivity index is 0.00000200. The highest BCUT2D eigenvalue weighted by Crippen LogP contribution is 2.26. The smallest absolute Gasteiger partial charge is 0.230 e. The van der Waals surface area contributed by atoms with E-state index >= 15 is 0 Å². The van der Waals surface area contributed by atoms with Crippen molar-refractivity contribution in [2.45, 2.75) is 26.2 Å². The van der Waals surface area contributed by atoms with Crippen molar-refractivity contribution < 1.29 is 4.79 Å². The first-order valence-corrected chi connectivity index (χ1v) is 7.24. The van der Waals surface area contributed by atoms with E-state index in [4.69, 9.17) is 0 Å². The molecule has 2 rings (SSSR count). The first-order valence-electron chi connectivity index (χ1n) is 7.24. The minimum Gasteiger partial charge on any atom is -0.341 e. The van der Waals surface area contributed by atoms with Gasteiger partial charge in [0, 0.05) is 19.6 Å². The summed E-state index contributed by atoms with van der Waals surface area (Å²) in [6.45, 7) is 7.89. The van der Waals surface area contributed by atoms with Gasteiger partial charge in [-0.05, 0) is 24.4 Å². The summed E-state index contributed by atoms with van der Waals surface area (Å²) in [5.74, 6) is 0.593. The van der Waals surface area contributed by atoms with Crippen molar-refractivity contribution in [3.8, 4) is 0 Å². The zero-order valence-electron chi connectivity index (χ0n) is 12.3. The van der Waals surface area contributed by atoms with Gasteiger partial charge in [0.05, 0.1) is 5.92 Å². The first kappa shape index (κ1) is 17.0. The Hall–Kier alpha value is -1.06. The summed E-state index contributed by atoms with van der Waals surface area (Å²) < 4.78 is 0. The van der Waals surface area contributed by atoms with Crippen molar-refractivity contribution in [3.63, 3.8) is 0 Å². The predicted molar refractivity (Wildman–Crippen MR) is 85.3 cm³/mol. The van der Waals surface area contributed by atoms with Crippen LogP contribution in [0.25, 0.3) is 0 Å². The molecule has 0 bridgehead atoms. The normalized spacial score (nSPS) is 17.2. The molecular weight excluding hydrogens is 272 g/mol. The van der Waals surface area contributed by atoms with Crippen molar-refractivity contribution in [2.24, 2.45) is 5.92 Å². The zero-order chi connectivity index (χ0) is 13.7. The molecule has 3 nitrogen and oxygen atoms in total. The molecule has 1 aliphatic heterocycles. The van der Waals surface area contributed by atoms with Crippen molar-refractivity contribution in [3.05, 3.63) is 35.9 Å². The summed E-state index contributed by atoms with van der Waals surface area (Å²) in [5, 5.41) is 3.35. The molecule has 1 N–H and O–H groups in total. The van der Waals surface area contributed by atoms with Crippen molar-refractivity contribution in [1.29, 1.82) is 0 Å². The number of hydrogen-bond donors (Lipinski definition) is 1. The number of carbonyl (C=O) groups excluding carboxylic acids is 1. The molecular formula is C16H25ClN2O. The topological polar surface area (TPSA) is 32.3 Å². The standard InChI is InChI=1S/C16H24N2O.ClH/c1-13(2)15(14-7-4-3-5-8-14)16(19)18-11-6-9-17-10-12-18;/h3-5,7-8,13,15,17H,6,9-12H2,1-2H3;1H. The van der Waals surface area contributed by atoms with Gasteiger partial charge in [-0.15, -0.1) is 12.4 Å². The fourth-order valence-corrected chi connectivity index (χ4v) is 2.74. The fraction of sp³-hybridized carbons (Fsp3) is 0.562. The monoisotopic (exact) mass is 296 g/mol. The molecule has 20 heavy (non-hydrogen) atoms. The second-order valence-electron chi connectivity index (χ2n) is 5.56. The number of benzene rings is 1. The van der Waals surface area contributed by atoms with E-state index in [0.717, 1.165) is 38.2 Å². The molecule has 0 spiro atoms. The minimum absolute atomic E-state index is 0. The first-order chi connectivity index (χ1) is 9.20. The third-order valence-electron chi connectivity index (χ3n) is 3.74. The van der Waals surface area contributed by atoms with Crippen LogP contribution < -0.4 is 5.32 Å². The van der Waals surface area contributed by atoms with E-state index in [9.17, 15) is 4.79 Å². The molecule has 1 fully saturated rings. The maximum Gasteiger partial charge on any atom is 0.230 e. The van der Waals surface area contributed by atoms with Crippen molar-refractivity contribution in [2.75, 3.05) is 26.2 Å². The lowest BCUT2D eigenvalue weighted by Crippen LogP contribution is -2.39. The van der Waals surface area contributed by atoms with Crippen LogP contribution in [0.3, 0.4) is 0 Å². The minimum atomic E-state index is -0.0145. The lowest BCUT2D eigenvalue weighted by molar-refractivity contribution is -0.133. The Kier molecular flexibility index (Phi) is 7.03. The molecule has 0 radical (unpaired) electrons. The predicted octanol–water partition coefficient (Wildman–Crippen LogP) is 2.67. The van der Waals surface area contributed by atoms with E-state index in [1.54, 1.807) is 0 Å². The number of amides is 1. The Labute approximate surface area is 128 Å². The molecule has 4 heteroatoms. The molecule has 1 saturated heterocycles. The van der Waals surface area contributed by atoms with Crippen LogP contribution in [0, 0.1) is 5.92 Å².